The van der Waals surface area contributed by atoms with Gasteiger partial charge in [0.2, 0.25) is 0 Å². The summed E-state index contributed by atoms with van der Waals surface area (Å²) in [6.07, 6.45) is 0.941. The average molecular weight is 270 g/mol. The van der Waals surface area contributed by atoms with Gasteiger partial charge in [0, 0.05) is 15.2 Å². The molecule has 0 aliphatic carbocycles. The van der Waals surface area contributed by atoms with Crippen molar-refractivity contribution in [2.75, 3.05) is 0 Å². The Morgan fingerprint density at radius 3 is 2.37 bits per heavy atom. The second-order valence-electron chi connectivity index (χ2n) is 5.14. The van der Waals surface area contributed by atoms with Crippen LogP contribution in [0.25, 0.3) is 0 Å². The second kappa shape index (κ2) is 5.62. The largest absolute Gasteiger partial charge is 0.298 e. The molecule has 0 aromatic heterocycles. The number of rotatable bonds is 4. The highest BCUT2D eigenvalue weighted by Gasteiger charge is 2.22. The lowest BCUT2D eigenvalue weighted by atomic mass is 10.0. The number of hydrogen-bond acceptors (Lipinski definition) is 2. The third-order valence-electron chi connectivity index (χ3n) is 3.13. The number of aldehydes is 1. The number of aryl methyl sites for hydroxylation is 1. The van der Waals surface area contributed by atoms with E-state index in [1.807, 2.05) is 37.3 Å². The molecule has 0 unspecified atom stereocenters. The monoisotopic (exact) mass is 270 g/mol. The highest BCUT2D eigenvalue weighted by Crippen LogP contribution is 2.41. The van der Waals surface area contributed by atoms with Crippen molar-refractivity contribution < 1.29 is 4.79 Å². The highest BCUT2D eigenvalue weighted by atomic mass is 32.2. The fourth-order valence-electron chi connectivity index (χ4n) is 2.03. The molecule has 0 saturated heterocycles. The summed E-state index contributed by atoms with van der Waals surface area (Å²) in [6.45, 7) is 6.37. The Labute approximate surface area is 119 Å². The summed E-state index contributed by atoms with van der Waals surface area (Å²) in [7, 11) is 0. The standard InChI is InChI=1S/C17H18OS/c1-13-9-10-16(14(11-13)12-18)19-17(2,3)15-7-5-4-6-8-15/h4-12H,1-3H3. The normalized spacial score (nSPS) is 11.3. The first-order valence-corrected chi connectivity index (χ1v) is 7.15. The molecule has 0 aliphatic rings. The molecule has 2 rings (SSSR count). The summed E-state index contributed by atoms with van der Waals surface area (Å²) in [5, 5.41) is 0. The maximum Gasteiger partial charge on any atom is 0.151 e. The molecule has 2 heteroatoms. The van der Waals surface area contributed by atoms with Crippen LogP contribution >= 0.6 is 11.8 Å². The quantitative estimate of drug-likeness (QED) is 0.584. The van der Waals surface area contributed by atoms with E-state index in [0.717, 1.165) is 22.3 Å². The molecule has 0 aliphatic heterocycles. The molecule has 19 heavy (non-hydrogen) atoms. The number of thioether (sulfide) groups is 1. The Hall–Kier alpha value is -1.54. The van der Waals surface area contributed by atoms with Crippen LogP contribution in [0.2, 0.25) is 0 Å². The topological polar surface area (TPSA) is 17.1 Å². The summed E-state index contributed by atoms with van der Waals surface area (Å²) in [5.41, 5.74) is 3.15. The van der Waals surface area contributed by atoms with Gasteiger partial charge in [-0.1, -0.05) is 42.0 Å². The molecule has 0 amide bonds. The average Bonchev–Trinajstić information content (AvgIpc) is 2.41. The fraction of sp³-hybridized carbons (Fsp3) is 0.235. The van der Waals surface area contributed by atoms with Gasteiger partial charge in [-0.15, -0.1) is 11.8 Å². The van der Waals surface area contributed by atoms with Crippen LogP contribution in [0, 0.1) is 6.92 Å². The lowest BCUT2D eigenvalue weighted by Crippen LogP contribution is -2.12. The van der Waals surface area contributed by atoms with E-state index in [4.69, 9.17) is 0 Å². The minimum absolute atomic E-state index is 0.0612. The van der Waals surface area contributed by atoms with E-state index in [1.165, 1.54) is 5.56 Å². The minimum atomic E-state index is -0.0612. The minimum Gasteiger partial charge on any atom is -0.298 e. The van der Waals surface area contributed by atoms with Gasteiger partial charge in [-0.25, -0.2) is 0 Å². The van der Waals surface area contributed by atoms with Crippen molar-refractivity contribution in [3.05, 3.63) is 65.2 Å². The van der Waals surface area contributed by atoms with E-state index in [-0.39, 0.29) is 4.75 Å². The zero-order chi connectivity index (χ0) is 13.9. The Bertz CT molecular complexity index is 573. The van der Waals surface area contributed by atoms with Gasteiger partial charge < -0.3 is 0 Å². The van der Waals surface area contributed by atoms with Crippen molar-refractivity contribution in [1.29, 1.82) is 0 Å². The van der Waals surface area contributed by atoms with Crippen molar-refractivity contribution >= 4 is 18.0 Å². The first-order valence-electron chi connectivity index (χ1n) is 6.33. The van der Waals surface area contributed by atoms with Gasteiger partial charge in [0.1, 0.15) is 0 Å². The lowest BCUT2D eigenvalue weighted by molar-refractivity contribution is 0.112. The van der Waals surface area contributed by atoms with Crippen LogP contribution in [-0.2, 0) is 4.75 Å². The molecule has 0 bridgehead atoms. The Kier molecular flexibility index (Phi) is 4.11. The van der Waals surface area contributed by atoms with Gasteiger partial charge in [-0.3, -0.25) is 4.79 Å². The summed E-state index contributed by atoms with van der Waals surface area (Å²) < 4.78 is -0.0612. The number of carbonyl (C=O) groups is 1. The number of carbonyl (C=O) groups excluding carboxylic acids is 1. The SMILES string of the molecule is Cc1ccc(SC(C)(C)c2ccccc2)c(C=O)c1. The molecular weight excluding hydrogens is 252 g/mol. The van der Waals surface area contributed by atoms with Gasteiger partial charge in [-0.05, 0) is 38.5 Å². The number of hydrogen-bond donors (Lipinski definition) is 0. The summed E-state index contributed by atoms with van der Waals surface area (Å²) in [5.74, 6) is 0. The van der Waals surface area contributed by atoms with Gasteiger partial charge in [0.15, 0.2) is 6.29 Å². The number of benzene rings is 2. The van der Waals surface area contributed by atoms with Crippen LogP contribution in [0.5, 0.6) is 0 Å². The molecule has 0 saturated carbocycles. The fourth-order valence-corrected chi connectivity index (χ4v) is 3.19. The van der Waals surface area contributed by atoms with Gasteiger partial charge in [-0.2, -0.15) is 0 Å². The molecule has 1 nitrogen and oxygen atoms in total. The smallest absolute Gasteiger partial charge is 0.151 e. The summed E-state index contributed by atoms with van der Waals surface area (Å²) in [6, 6.07) is 16.4. The van der Waals surface area contributed by atoms with Crippen LogP contribution in [0.1, 0.15) is 35.3 Å². The molecular formula is C17H18OS. The Balaban J connectivity index is 2.33. The van der Waals surface area contributed by atoms with E-state index in [1.54, 1.807) is 11.8 Å². The molecule has 0 spiro atoms. The Morgan fingerprint density at radius 2 is 1.74 bits per heavy atom. The van der Waals surface area contributed by atoms with Crippen LogP contribution in [0.4, 0.5) is 0 Å². The van der Waals surface area contributed by atoms with E-state index >= 15 is 0 Å². The maximum atomic E-state index is 11.2. The zero-order valence-electron chi connectivity index (χ0n) is 11.5. The van der Waals surface area contributed by atoms with Crippen LogP contribution in [0.3, 0.4) is 0 Å². The molecule has 2 aromatic rings. The van der Waals surface area contributed by atoms with Crippen molar-refractivity contribution in [2.45, 2.75) is 30.4 Å². The molecule has 98 valence electrons. The van der Waals surface area contributed by atoms with Crippen LogP contribution < -0.4 is 0 Å². The van der Waals surface area contributed by atoms with Crippen LogP contribution in [-0.4, -0.2) is 6.29 Å². The summed E-state index contributed by atoms with van der Waals surface area (Å²) >= 11 is 1.73. The van der Waals surface area contributed by atoms with Crippen molar-refractivity contribution in [1.82, 2.24) is 0 Å². The van der Waals surface area contributed by atoms with Crippen LogP contribution in [0.15, 0.2) is 53.4 Å². The van der Waals surface area contributed by atoms with Crippen molar-refractivity contribution in [2.24, 2.45) is 0 Å². The maximum absolute atomic E-state index is 11.2. The van der Waals surface area contributed by atoms with E-state index < -0.39 is 0 Å². The molecule has 0 N–H and O–H groups in total. The third kappa shape index (κ3) is 3.27. The summed E-state index contributed by atoms with van der Waals surface area (Å²) in [4.78, 5) is 12.2. The Morgan fingerprint density at radius 1 is 1.05 bits per heavy atom. The zero-order valence-corrected chi connectivity index (χ0v) is 12.3. The molecule has 0 radical (unpaired) electrons. The molecule has 0 fully saturated rings. The third-order valence-corrected chi connectivity index (χ3v) is 4.46. The van der Waals surface area contributed by atoms with Gasteiger partial charge >= 0.3 is 0 Å². The van der Waals surface area contributed by atoms with E-state index in [9.17, 15) is 4.79 Å². The first kappa shape index (κ1) is 13.9. The van der Waals surface area contributed by atoms with Gasteiger partial charge in [0.25, 0.3) is 0 Å². The second-order valence-corrected chi connectivity index (χ2v) is 6.80. The van der Waals surface area contributed by atoms with Crippen molar-refractivity contribution in [3.8, 4) is 0 Å². The van der Waals surface area contributed by atoms with Gasteiger partial charge in [0.05, 0.1) is 0 Å². The predicted octanol–water partition coefficient (Wildman–Crippen LogP) is 4.83. The molecule has 2 aromatic carbocycles. The lowest BCUT2D eigenvalue weighted by Gasteiger charge is -2.25. The molecule has 0 atom stereocenters. The van der Waals surface area contributed by atoms with Crippen molar-refractivity contribution in [3.63, 3.8) is 0 Å². The predicted molar refractivity (Wildman–Crippen MR) is 81.9 cm³/mol. The highest BCUT2D eigenvalue weighted by molar-refractivity contribution is 8.00. The molecule has 0 heterocycles. The van der Waals surface area contributed by atoms with E-state index in [2.05, 4.69) is 32.0 Å². The van der Waals surface area contributed by atoms with E-state index in [0.29, 0.717) is 0 Å². The first-order chi connectivity index (χ1) is 9.03.